The van der Waals surface area contributed by atoms with Gasteiger partial charge in [-0.3, -0.25) is 9.59 Å². The molecule has 0 fully saturated rings. The summed E-state index contributed by atoms with van der Waals surface area (Å²) in [6.45, 7) is -1.66. The molecule has 0 saturated carbocycles. The molecule has 0 saturated heterocycles. The quantitative estimate of drug-likeness (QED) is 0.481. The molecule has 0 bridgehead atoms. The molecular formula is C19H13ClF6N2O5. The number of alkyl halides is 6. The standard InChI is InChI=1S/C19H13ClF6N2O5/c20-11-1-2-14(13(6-11)17(31)32)28-16(30)8-33-7-15(29)27-12-4-9(18(21,22)23)3-10(5-12)19(24,25)26/h1-6H,7-8H2,(H,27,29)(H,28,30)(H,31,32). The van der Waals surface area contributed by atoms with Crippen LogP contribution in [-0.2, 0) is 26.7 Å². The zero-order chi connectivity index (χ0) is 25.0. The lowest BCUT2D eigenvalue weighted by molar-refractivity contribution is -0.143. The number of carboxylic acid groups (broad SMARTS) is 1. The van der Waals surface area contributed by atoms with Gasteiger partial charge in [0.15, 0.2) is 0 Å². The molecule has 0 atom stereocenters. The predicted molar refractivity (Wildman–Crippen MR) is 103 cm³/mol. The molecule has 0 aliphatic rings. The van der Waals surface area contributed by atoms with E-state index in [-0.39, 0.29) is 22.3 Å². The lowest BCUT2D eigenvalue weighted by atomic mass is 10.1. The zero-order valence-electron chi connectivity index (χ0n) is 16.1. The van der Waals surface area contributed by atoms with Crippen molar-refractivity contribution < 1.29 is 50.6 Å². The number of rotatable bonds is 7. The summed E-state index contributed by atoms with van der Waals surface area (Å²) in [6.07, 6.45) is -10.2. The molecule has 2 aromatic rings. The highest BCUT2D eigenvalue weighted by molar-refractivity contribution is 6.31. The molecule has 2 aromatic carbocycles. The summed E-state index contributed by atoms with van der Waals surface area (Å²) in [4.78, 5) is 34.9. The Morgan fingerprint density at radius 1 is 0.848 bits per heavy atom. The van der Waals surface area contributed by atoms with Gasteiger partial charge in [0.05, 0.1) is 22.4 Å². The number of amides is 2. The second-order valence-corrected chi connectivity index (χ2v) is 6.82. The first-order valence-corrected chi connectivity index (χ1v) is 9.04. The average molecular weight is 499 g/mol. The van der Waals surface area contributed by atoms with Gasteiger partial charge in [-0.05, 0) is 36.4 Å². The van der Waals surface area contributed by atoms with Crippen molar-refractivity contribution in [3.8, 4) is 0 Å². The fourth-order valence-corrected chi connectivity index (χ4v) is 2.62. The molecule has 7 nitrogen and oxygen atoms in total. The zero-order valence-corrected chi connectivity index (χ0v) is 16.9. The smallest absolute Gasteiger partial charge is 0.416 e. The minimum absolute atomic E-state index is 0.0986. The molecule has 0 heterocycles. The van der Waals surface area contributed by atoms with Crippen LogP contribution in [0.25, 0.3) is 0 Å². The number of carbonyl (C=O) groups excluding carboxylic acids is 2. The fourth-order valence-electron chi connectivity index (χ4n) is 2.45. The monoisotopic (exact) mass is 498 g/mol. The Kier molecular flexibility index (Phi) is 7.93. The molecule has 0 aliphatic heterocycles. The van der Waals surface area contributed by atoms with Crippen molar-refractivity contribution in [2.75, 3.05) is 23.8 Å². The van der Waals surface area contributed by atoms with Gasteiger partial charge in [-0.25, -0.2) is 4.79 Å². The lowest BCUT2D eigenvalue weighted by Crippen LogP contribution is -2.25. The highest BCUT2D eigenvalue weighted by atomic mass is 35.5. The second kappa shape index (κ2) is 10.1. The number of hydrogen-bond donors (Lipinski definition) is 3. The van der Waals surface area contributed by atoms with Crippen LogP contribution in [0.3, 0.4) is 0 Å². The second-order valence-electron chi connectivity index (χ2n) is 6.38. The lowest BCUT2D eigenvalue weighted by Gasteiger charge is -2.15. The molecule has 0 aliphatic carbocycles. The largest absolute Gasteiger partial charge is 0.478 e. The van der Waals surface area contributed by atoms with E-state index in [0.29, 0.717) is 12.1 Å². The third-order valence-corrected chi connectivity index (χ3v) is 4.06. The van der Waals surface area contributed by atoms with Crippen LogP contribution < -0.4 is 10.6 Å². The molecule has 2 rings (SSSR count). The van der Waals surface area contributed by atoms with Crippen molar-refractivity contribution in [1.29, 1.82) is 0 Å². The maximum Gasteiger partial charge on any atom is 0.416 e. The van der Waals surface area contributed by atoms with Crippen molar-refractivity contribution >= 4 is 40.8 Å². The molecule has 14 heteroatoms. The van der Waals surface area contributed by atoms with Crippen LogP contribution in [0.5, 0.6) is 0 Å². The number of ether oxygens (including phenoxy) is 1. The molecular weight excluding hydrogens is 486 g/mol. The third kappa shape index (κ3) is 7.64. The summed E-state index contributed by atoms with van der Waals surface area (Å²) in [6, 6.07) is 4.13. The average Bonchev–Trinajstić information content (AvgIpc) is 2.67. The number of hydrogen-bond acceptors (Lipinski definition) is 4. The number of nitrogens with one attached hydrogen (secondary N) is 2. The maximum absolute atomic E-state index is 12.9. The van der Waals surface area contributed by atoms with Gasteiger partial charge in [0.1, 0.15) is 13.2 Å². The van der Waals surface area contributed by atoms with E-state index in [1.54, 1.807) is 0 Å². The van der Waals surface area contributed by atoms with Crippen molar-refractivity contribution in [1.82, 2.24) is 0 Å². The Labute approximate surface area is 186 Å². The number of aromatic carboxylic acids is 1. The maximum atomic E-state index is 12.9. The third-order valence-electron chi connectivity index (χ3n) is 3.82. The Bertz CT molecular complexity index is 1040. The molecule has 33 heavy (non-hydrogen) atoms. The van der Waals surface area contributed by atoms with Crippen LogP contribution in [0, 0.1) is 0 Å². The predicted octanol–water partition coefficient (Wildman–Crippen LogP) is 4.67. The van der Waals surface area contributed by atoms with Crippen molar-refractivity contribution in [3.63, 3.8) is 0 Å². The van der Waals surface area contributed by atoms with Crippen LogP contribution in [0.15, 0.2) is 36.4 Å². The number of carbonyl (C=O) groups is 3. The van der Waals surface area contributed by atoms with Crippen LogP contribution in [-0.4, -0.2) is 36.1 Å². The van der Waals surface area contributed by atoms with Crippen LogP contribution in [0.1, 0.15) is 21.5 Å². The van der Waals surface area contributed by atoms with Crippen LogP contribution in [0.4, 0.5) is 37.7 Å². The van der Waals surface area contributed by atoms with Gasteiger partial charge in [-0.1, -0.05) is 11.6 Å². The summed E-state index contributed by atoms with van der Waals surface area (Å²) >= 11 is 5.68. The first-order valence-electron chi connectivity index (χ1n) is 8.66. The van der Waals surface area contributed by atoms with Crippen molar-refractivity contribution in [2.24, 2.45) is 0 Å². The summed E-state index contributed by atoms with van der Waals surface area (Å²) in [7, 11) is 0. The van der Waals surface area contributed by atoms with Gasteiger partial charge < -0.3 is 20.5 Å². The number of carboxylic acids is 1. The SMILES string of the molecule is O=C(COCC(=O)Nc1ccc(Cl)cc1C(=O)O)Nc1cc(C(F)(F)F)cc(C(F)(F)F)c1. The molecule has 0 aromatic heterocycles. The first-order chi connectivity index (χ1) is 15.2. The van der Waals surface area contributed by atoms with Gasteiger partial charge in [-0.15, -0.1) is 0 Å². The minimum atomic E-state index is -5.09. The van der Waals surface area contributed by atoms with Crippen molar-refractivity contribution in [3.05, 3.63) is 58.1 Å². The molecule has 0 radical (unpaired) electrons. The highest BCUT2D eigenvalue weighted by Gasteiger charge is 2.37. The Morgan fingerprint density at radius 2 is 1.36 bits per heavy atom. The minimum Gasteiger partial charge on any atom is -0.478 e. The van der Waals surface area contributed by atoms with E-state index in [4.69, 9.17) is 21.4 Å². The Balaban J connectivity index is 1.98. The first kappa shape index (κ1) is 25.9. The summed E-state index contributed by atoms with van der Waals surface area (Å²) < 4.78 is 81.9. The fraction of sp³-hybridized carbons (Fsp3) is 0.211. The molecule has 178 valence electrons. The summed E-state index contributed by atoms with van der Waals surface area (Å²) in [5.74, 6) is -3.40. The van der Waals surface area contributed by atoms with E-state index in [1.807, 2.05) is 5.32 Å². The van der Waals surface area contributed by atoms with E-state index in [2.05, 4.69) is 5.32 Å². The number of benzene rings is 2. The van der Waals surface area contributed by atoms with Crippen molar-refractivity contribution in [2.45, 2.75) is 12.4 Å². The topological polar surface area (TPSA) is 105 Å². The molecule has 3 N–H and O–H groups in total. The summed E-state index contributed by atoms with van der Waals surface area (Å²) in [5, 5.41) is 13.2. The number of anilines is 2. The van der Waals surface area contributed by atoms with Crippen LogP contribution in [0.2, 0.25) is 5.02 Å². The normalized spacial score (nSPS) is 11.7. The van der Waals surface area contributed by atoms with Gasteiger partial charge in [-0.2, -0.15) is 26.3 Å². The number of halogens is 7. The molecule has 0 spiro atoms. The van der Waals surface area contributed by atoms with E-state index < -0.39 is 60.2 Å². The Hall–Kier alpha value is -3.32. The Morgan fingerprint density at radius 3 is 1.85 bits per heavy atom. The highest BCUT2D eigenvalue weighted by Crippen LogP contribution is 2.37. The summed E-state index contributed by atoms with van der Waals surface area (Å²) in [5.41, 5.74) is -4.45. The molecule has 2 amide bonds. The van der Waals surface area contributed by atoms with Gasteiger partial charge in [0.2, 0.25) is 11.8 Å². The van der Waals surface area contributed by atoms with Gasteiger partial charge in [0, 0.05) is 10.7 Å². The molecule has 0 unspecified atom stereocenters. The van der Waals surface area contributed by atoms with Gasteiger partial charge in [0.25, 0.3) is 0 Å². The van der Waals surface area contributed by atoms with E-state index in [9.17, 15) is 40.7 Å². The van der Waals surface area contributed by atoms with E-state index >= 15 is 0 Å². The van der Waals surface area contributed by atoms with Gasteiger partial charge >= 0.3 is 18.3 Å². The van der Waals surface area contributed by atoms with Crippen LogP contribution >= 0.6 is 11.6 Å². The van der Waals surface area contributed by atoms with E-state index in [0.717, 1.165) is 6.07 Å². The van der Waals surface area contributed by atoms with E-state index in [1.165, 1.54) is 12.1 Å².